The third-order valence-electron chi connectivity index (χ3n) is 13.8. The second-order valence-electron chi connectivity index (χ2n) is 18.5. The molecule has 15 nitrogen and oxygen atoms in total. The monoisotopic (exact) mass is 961 g/mol. The van der Waals surface area contributed by atoms with Crippen molar-refractivity contribution in [2.24, 2.45) is 0 Å². The predicted molar refractivity (Wildman–Crippen MR) is 275 cm³/mol. The van der Waals surface area contributed by atoms with Crippen LogP contribution < -0.4 is 15.4 Å². The summed E-state index contributed by atoms with van der Waals surface area (Å²) in [5, 5.41) is 6.49. The number of nitrogens with zero attached hydrogens (tertiary/aromatic N) is 7. The summed E-state index contributed by atoms with van der Waals surface area (Å²) in [6.07, 6.45) is 9.54. The van der Waals surface area contributed by atoms with E-state index in [1.54, 1.807) is 24.4 Å². The van der Waals surface area contributed by atoms with Crippen molar-refractivity contribution < 1.29 is 28.7 Å². The molecule has 0 radical (unpaired) electrons. The number of carbonyl (C=O) groups is 5. The number of piperidine rings is 1. The Balaban J connectivity index is 0.632. The van der Waals surface area contributed by atoms with Gasteiger partial charge in [-0.2, -0.15) is 0 Å². The fourth-order valence-electron chi connectivity index (χ4n) is 9.75. The summed E-state index contributed by atoms with van der Waals surface area (Å²) in [4.78, 5) is 86.3. The van der Waals surface area contributed by atoms with Gasteiger partial charge in [0.25, 0.3) is 17.7 Å². The fraction of sp³-hybridized carbons (Fsp3) is 0.298. The number of carbonyl (C=O) groups excluding carboxylic acids is 5. The van der Waals surface area contributed by atoms with Crippen LogP contribution >= 0.6 is 0 Å². The highest BCUT2D eigenvalue weighted by Gasteiger charge is 2.46. The third-order valence-corrected chi connectivity index (χ3v) is 13.8. The minimum atomic E-state index is -1.01. The number of rotatable bonds is 14. The van der Waals surface area contributed by atoms with Crippen molar-refractivity contribution in [1.29, 1.82) is 0 Å². The van der Waals surface area contributed by atoms with Crippen LogP contribution in [0.2, 0.25) is 0 Å². The molecule has 1 unspecified atom stereocenters. The van der Waals surface area contributed by atoms with E-state index in [4.69, 9.17) is 14.7 Å². The third kappa shape index (κ3) is 10.5. The van der Waals surface area contributed by atoms with E-state index in [1.807, 2.05) is 78.7 Å². The molecule has 0 aliphatic carbocycles. The summed E-state index contributed by atoms with van der Waals surface area (Å²) in [5.74, 6) is 6.22. The van der Waals surface area contributed by atoms with Gasteiger partial charge in [0, 0.05) is 80.0 Å². The molecule has 2 N–H and O–H groups in total. The van der Waals surface area contributed by atoms with Gasteiger partial charge in [0.05, 0.1) is 42.0 Å². The predicted octanol–water partition coefficient (Wildman–Crippen LogP) is 6.72. The molecular formula is C57H55N9O6. The molecule has 4 aromatic carbocycles. The van der Waals surface area contributed by atoms with Gasteiger partial charge in [-0.15, -0.1) is 0 Å². The van der Waals surface area contributed by atoms with E-state index in [2.05, 4.69) is 61.5 Å². The smallest absolute Gasteiger partial charge is 0.266 e. The minimum Gasteiger partial charge on any atom is -0.493 e. The largest absolute Gasteiger partial charge is 0.493 e. The zero-order valence-electron chi connectivity index (χ0n) is 40.2. The number of anilines is 1. The van der Waals surface area contributed by atoms with Crippen molar-refractivity contribution in [1.82, 2.24) is 39.9 Å². The van der Waals surface area contributed by atoms with Crippen molar-refractivity contribution in [3.8, 4) is 29.0 Å². The number of pyridine rings is 1. The Labute approximate surface area is 418 Å². The van der Waals surface area contributed by atoms with Gasteiger partial charge in [0.2, 0.25) is 11.8 Å². The van der Waals surface area contributed by atoms with Gasteiger partial charge >= 0.3 is 0 Å². The maximum absolute atomic E-state index is 13.7. The highest BCUT2D eigenvalue weighted by atomic mass is 16.5. The molecule has 10 rings (SSSR count). The average molecular weight is 962 g/mol. The van der Waals surface area contributed by atoms with E-state index < -0.39 is 29.7 Å². The van der Waals surface area contributed by atoms with E-state index in [0.717, 1.165) is 114 Å². The number of aromatic nitrogens is 3. The second kappa shape index (κ2) is 21.5. The van der Waals surface area contributed by atoms with Gasteiger partial charge in [0.1, 0.15) is 17.6 Å². The minimum absolute atomic E-state index is 0.0267. The van der Waals surface area contributed by atoms with Crippen LogP contribution in [0.3, 0.4) is 0 Å². The van der Waals surface area contributed by atoms with E-state index in [0.29, 0.717) is 43.3 Å². The Morgan fingerprint density at radius 3 is 2.36 bits per heavy atom. The molecule has 0 spiro atoms. The first-order chi connectivity index (χ1) is 35.2. The lowest BCUT2D eigenvalue weighted by atomic mass is 10.0. The van der Waals surface area contributed by atoms with Crippen molar-refractivity contribution in [3.63, 3.8) is 0 Å². The molecule has 5 amide bonds. The summed E-state index contributed by atoms with van der Waals surface area (Å²) in [6, 6.07) is 29.9. The van der Waals surface area contributed by atoms with Crippen LogP contribution in [0, 0.1) is 11.8 Å². The molecule has 0 saturated carbocycles. The molecule has 2 fully saturated rings. The summed E-state index contributed by atoms with van der Waals surface area (Å²) >= 11 is 0. The normalized spacial score (nSPS) is 17.2. The first-order valence-electron chi connectivity index (χ1n) is 24.7. The number of nitrogens with one attached hydrogen (secondary N) is 2. The lowest BCUT2D eigenvalue weighted by Gasteiger charge is -2.33. The van der Waals surface area contributed by atoms with Gasteiger partial charge in [0.15, 0.2) is 5.82 Å². The van der Waals surface area contributed by atoms with Crippen molar-refractivity contribution in [3.05, 3.63) is 148 Å². The second-order valence-corrected chi connectivity index (χ2v) is 18.5. The molecule has 364 valence electrons. The molecule has 6 aromatic rings. The average Bonchev–Trinajstić information content (AvgIpc) is 3.67. The lowest BCUT2D eigenvalue weighted by Crippen LogP contribution is -2.54. The van der Waals surface area contributed by atoms with Gasteiger partial charge in [-0.3, -0.25) is 44.1 Å². The number of hydrogen-bond acceptors (Lipinski definition) is 12. The maximum atomic E-state index is 13.7. The fourth-order valence-corrected chi connectivity index (χ4v) is 9.75. The number of amides is 5. The van der Waals surface area contributed by atoms with Gasteiger partial charge in [-0.05, 0) is 98.3 Å². The summed E-state index contributed by atoms with van der Waals surface area (Å²) < 4.78 is 6.00. The molecule has 6 heterocycles. The number of piperazine rings is 1. The van der Waals surface area contributed by atoms with Crippen LogP contribution in [0.1, 0.15) is 91.1 Å². The first-order valence-corrected chi connectivity index (χ1v) is 24.7. The molecule has 4 aliphatic rings. The Kier molecular flexibility index (Phi) is 14.2. The summed E-state index contributed by atoms with van der Waals surface area (Å²) in [5.41, 5.74) is 7.70. The van der Waals surface area contributed by atoms with Crippen LogP contribution in [0.15, 0.2) is 103 Å². The van der Waals surface area contributed by atoms with Crippen LogP contribution in [0.5, 0.6) is 5.75 Å². The molecule has 2 aromatic heterocycles. The van der Waals surface area contributed by atoms with E-state index in [-0.39, 0.29) is 29.9 Å². The molecule has 72 heavy (non-hydrogen) atoms. The quantitative estimate of drug-likeness (QED) is 0.0512. The zero-order chi connectivity index (χ0) is 49.6. The lowest BCUT2D eigenvalue weighted by molar-refractivity contribution is -0.136. The number of hydrogen-bond donors (Lipinski definition) is 2. The van der Waals surface area contributed by atoms with Gasteiger partial charge in [-0.25, -0.2) is 9.97 Å². The van der Waals surface area contributed by atoms with E-state index >= 15 is 0 Å². The number of para-hydroxylation sites is 1. The highest BCUT2D eigenvalue weighted by Crippen LogP contribution is 2.34. The molecule has 1 atom stereocenters. The van der Waals surface area contributed by atoms with E-state index in [9.17, 15) is 24.0 Å². The Morgan fingerprint density at radius 2 is 1.58 bits per heavy atom. The van der Waals surface area contributed by atoms with Gasteiger partial charge in [-0.1, -0.05) is 72.5 Å². The van der Waals surface area contributed by atoms with Crippen LogP contribution in [-0.4, -0.2) is 130 Å². The molecule has 4 aliphatic heterocycles. The number of imide groups is 2. The van der Waals surface area contributed by atoms with Crippen LogP contribution in [0.4, 0.5) is 5.82 Å². The molecular weight excluding hydrogens is 907 g/mol. The van der Waals surface area contributed by atoms with Gasteiger partial charge < -0.3 is 19.9 Å². The standard InChI is InChI=1S/C57H55N9O6/c1-58-53-44-26-29-65(37-47(44)60-52(62-53)43-35-42-10-3-4-12-46(42)59-36-43)55(69)41-22-20-40(21-23-41)19-18-39-16-14-38(15-17-39)9-8-28-64-32-30-63(31-33-64)27-5-2-6-34-72-49-13-7-11-45-51(49)57(71)66(56(45)70)48-24-25-50(67)61-54(48)68/h3-4,7,10-23,35-36,48H,2,5-6,24-34,37H2,1H3,(H,58,60,62)(H,61,67,68)/b19-18+. The molecule has 0 bridgehead atoms. The van der Waals surface area contributed by atoms with Crippen molar-refractivity contribution >= 4 is 58.4 Å². The topological polar surface area (TPSA) is 170 Å². The van der Waals surface area contributed by atoms with E-state index in [1.165, 1.54) is 0 Å². The van der Waals surface area contributed by atoms with Crippen LogP contribution in [0.25, 0.3) is 34.4 Å². The molecule has 2 saturated heterocycles. The number of ether oxygens (including phenoxy) is 1. The Hall–Kier alpha value is -8.06. The highest BCUT2D eigenvalue weighted by molar-refractivity contribution is 6.24. The summed E-state index contributed by atoms with van der Waals surface area (Å²) in [6.45, 7) is 7.00. The van der Waals surface area contributed by atoms with Crippen molar-refractivity contribution in [2.45, 2.75) is 51.1 Å². The first kappa shape index (κ1) is 47.6. The zero-order valence-corrected chi connectivity index (χ0v) is 40.2. The van der Waals surface area contributed by atoms with Crippen LogP contribution in [-0.2, 0) is 22.6 Å². The number of unbranched alkanes of at least 4 members (excludes halogenated alkanes) is 2. The SMILES string of the molecule is CNc1nc(-c2cnc3ccccc3c2)nc2c1CCN(C(=O)c1ccc(/C=C/c3ccc(C#CCN4CCN(CCCCCOc5cccc6c5C(=O)N(C5CCC(=O)NC5=O)C6=O)CC4)cc3)cc1)C2. The Morgan fingerprint density at radius 1 is 0.819 bits per heavy atom. The number of benzene rings is 4. The number of fused-ring (bicyclic) bond motifs is 3. The Bertz CT molecular complexity index is 3150. The summed E-state index contributed by atoms with van der Waals surface area (Å²) in [7, 11) is 1.86. The maximum Gasteiger partial charge on any atom is 0.266 e. The van der Waals surface area contributed by atoms with Crippen molar-refractivity contribution in [2.75, 3.05) is 64.8 Å². The molecule has 15 heteroatoms.